The van der Waals surface area contributed by atoms with Crippen LogP contribution < -0.4 is 5.32 Å². The van der Waals surface area contributed by atoms with Gasteiger partial charge in [-0.15, -0.1) is 11.3 Å². The topological polar surface area (TPSA) is 62.2 Å². The molecule has 0 atom stereocenters. The average Bonchev–Trinajstić information content (AvgIpc) is 2.62. The monoisotopic (exact) mass is 200 g/mol. The highest BCUT2D eigenvalue weighted by Crippen LogP contribution is 2.12. The predicted molar refractivity (Wildman–Crippen MR) is 50.9 cm³/mol. The Morgan fingerprint density at radius 2 is 2.54 bits per heavy atom. The average molecular weight is 200 g/mol. The lowest BCUT2D eigenvalue weighted by molar-refractivity contribution is 0.0948. The van der Waals surface area contributed by atoms with Crippen molar-refractivity contribution in [1.29, 1.82) is 0 Å². The number of aryl methyl sites for hydroxylation is 1. The van der Waals surface area contributed by atoms with Gasteiger partial charge in [-0.2, -0.15) is 0 Å². The van der Waals surface area contributed by atoms with E-state index in [1.54, 1.807) is 6.20 Å². The van der Waals surface area contributed by atoms with Crippen molar-refractivity contribution >= 4 is 17.2 Å². The van der Waals surface area contributed by atoms with Crippen LogP contribution >= 0.6 is 11.3 Å². The quantitative estimate of drug-likeness (QED) is 0.740. The van der Waals surface area contributed by atoms with E-state index in [0.29, 0.717) is 4.88 Å². The summed E-state index contributed by atoms with van der Waals surface area (Å²) in [7, 11) is 0. The third kappa shape index (κ3) is 2.78. The molecule has 0 saturated heterocycles. The maximum Gasteiger partial charge on any atom is 0.263 e. The predicted octanol–water partition coefficient (Wildman–Crippen LogP) is 0.428. The number of aliphatic hydroxyl groups excluding tert-OH is 1. The second kappa shape index (κ2) is 4.94. The fraction of sp³-hybridized carbons (Fsp3) is 0.500. The summed E-state index contributed by atoms with van der Waals surface area (Å²) < 4.78 is 0. The van der Waals surface area contributed by atoms with Gasteiger partial charge in [0.2, 0.25) is 0 Å². The number of amides is 1. The van der Waals surface area contributed by atoms with E-state index in [9.17, 15) is 4.79 Å². The van der Waals surface area contributed by atoms with Crippen LogP contribution in [0.4, 0.5) is 0 Å². The number of aromatic nitrogens is 1. The maximum atomic E-state index is 11.3. The van der Waals surface area contributed by atoms with Gasteiger partial charge in [0.05, 0.1) is 17.8 Å². The van der Waals surface area contributed by atoms with Gasteiger partial charge in [0, 0.05) is 6.54 Å². The van der Waals surface area contributed by atoms with E-state index in [-0.39, 0.29) is 19.1 Å². The normalized spacial score (nSPS) is 10.0. The molecule has 0 aromatic carbocycles. The number of hydrogen-bond donors (Lipinski definition) is 2. The minimum atomic E-state index is -0.161. The Labute approximate surface area is 80.6 Å². The molecule has 0 radical (unpaired) electrons. The van der Waals surface area contributed by atoms with Gasteiger partial charge in [0.1, 0.15) is 4.88 Å². The van der Waals surface area contributed by atoms with Gasteiger partial charge in [0.15, 0.2) is 0 Å². The Kier molecular flexibility index (Phi) is 3.85. The molecule has 0 aliphatic rings. The SMILES string of the molecule is CCc1ncc(C(=O)NCCO)s1. The van der Waals surface area contributed by atoms with Crippen LogP contribution in [0.3, 0.4) is 0 Å². The van der Waals surface area contributed by atoms with Gasteiger partial charge in [-0.25, -0.2) is 4.98 Å². The first-order valence-corrected chi connectivity index (χ1v) is 4.93. The zero-order valence-electron chi connectivity index (χ0n) is 7.41. The molecule has 0 aliphatic carbocycles. The van der Waals surface area contributed by atoms with Crippen molar-refractivity contribution in [2.45, 2.75) is 13.3 Å². The fourth-order valence-corrected chi connectivity index (χ4v) is 1.61. The molecule has 0 spiro atoms. The van der Waals surface area contributed by atoms with Gasteiger partial charge in [-0.05, 0) is 6.42 Å². The number of aliphatic hydroxyl groups is 1. The van der Waals surface area contributed by atoms with Gasteiger partial charge < -0.3 is 10.4 Å². The van der Waals surface area contributed by atoms with Crippen molar-refractivity contribution in [3.8, 4) is 0 Å². The van der Waals surface area contributed by atoms with E-state index in [4.69, 9.17) is 5.11 Å². The molecule has 0 unspecified atom stereocenters. The first kappa shape index (κ1) is 10.1. The summed E-state index contributed by atoms with van der Waals surface area (Å²) in [5, 5.41) is 12.0. The lowest BCUT2D eigenvalue weighted by Crippen LogP contribution is -2.25. The number of nitrogens with one attached hydrogen (secondary N) is 1. The molecule has 4 nitrogen and oxygen atoms in total. The van der Waals surface area contributed by atoms with Gasteiger partial charge >= 0.3 is 0 Å². The third-order valence-corrected chi connectivity index (χ3v) is 2.62. The largest absolute Gasteiger partial charge is 0.395 e. The van der Waals surface area contributed by atoms with E-state index in [0.717, 1.165) is 11.4 Å². The van der Waals surface area contributed by atoms with Crippen LogP contribution in [0.2, 0.25) is 0 Å². The molecular formula is C8H12N2O2S. The first-order valence-electron chi connectivity index (χ1n) is 4.11. The zero-order valence-corrected chi connectivity index (χ0v) is 8.23. The molecular weight excluding hydrogens is 188 g/mol. The molecule has 0 aliphatic heterocycles. The van der Waals surface area contributed by atoms with Gasteiger partial charge in [-0.1, -0.05) is 6.92 Å². The van der Waals surface area contributed by atoms with Crippen LogP contribution in [0.25, 0.3) is 0 Å². The third-order valence-electron chi connectivity index (χ3n) is 1.48. The number of hydrogen-bond acceptors (Lipinski definition) is 4. The number of thiazole rings is 1. The zero-order chi connectivity index (χ0) is 9.68. The Hall–Kier alpha value is -0.940. The van der Waals surface area contributed by atoms with Crippen molar-refractivity contribution in [2.75, 3.05) is 13.2 Å². The molecule has 1 aromatic heterocycles. The molecule has 1 heterocycles. The molecule has 1 aromatic rings. The van der Waals surface area contributed by atoms with Crippen molar-refractivity contribution in [1.82, 2.24) is 10.3 Å². The van der Waals surface area contributed by atoms with E-state index < -0.39 is 0 Å². The smallest absolute Gasteiger partial charge is 0.263 e. The molecule has 2 N–H and O–H groups in total. The van der Waals surface area contributed by atoms with E-state index >= 15 is 0 Å². The lowest BCUT2D eigenvalue weighted by atomic mass is 10.5. The second-order valence-corrected chi connectivity index (χ2v) is 3.57. The second-order valence-electron chi connectivity index (χ2n) is 2.45. The van der Waals surface area contributed by atoms with Gasteiger partial charge in [-0.3, -0.25) is 4.79 Å². The summed E-state index contributed by atoms with van der Waals surface area (Å²) in [5.41, 5.74) is 0. The van der Waals surface area contributed by atoms with Crippen LogP contribution in [0.15, 0.2) is 6.20 Å². The summed E-state index contributed by atoms with van der Waals surface area (Å²) in [4.78, 5) is 15.9. The number of rotatable bonds is 4. The van der Waals surface area contributed by atoms with Crippen LogP contribution in [-0.4, -0.2) is 29.1 Å². The molecule has 0 fully saturated rings. The van der Waals surface area contributed by atoms with Crippen LogP contribution in [0, 0.1) is 0 Å². The highest BCUT2D eigenvalue weighted by Gasteiger charge is 2.08. The molecule has 0 saturated carbocycles. The van der Waals surface area contributed by atoms with E-state index in [2.05, 4.69) is 10.3 Å². The number of carbonyl (C=O) groups excluding carboxylic acids is 1. The van der Waals surface area contributed by atoms with Crippen LogP contribution in [-0.2, 0) is 6.42 Å². The lowest BCUT2D eigenvalue weighted by Gasteiger charge is -1.98. The van der Waals surface area contributed by atoms with Crippen molar-refractivity contribution in [3.63, 3.8) is 0 Å². The molecule has 5 heteroatoms. The minimum absolute atomic E-state index is 0.0365. The number of carbonyl (C=O) groups is 1. The Morgan fingerprint density at radius 1 is 1.77 bits per heavy atom. The molecule has 72 valence electrons. The van der Waals surface area contributed by atoms with Crippen molar-refractivity contribution in [2.24, 2.45) is 0 Å². The molecule has 1 rings (SSSR count). The van der Waals surface area contributed by atoms with E-state index in [1.165, 1.54) is 11.3 Å². The summed E-state index contributed by atoms with van der Waals surface area (Å²) in [6.07, 6.45) is 2.41. The summed E-state index contributed by atoms with van der Waals surface area (Å²) in [6.45, 7) is 2.25. The first-order chi connectivity index (χ1) is 6.27. The van der Waals surface area contributed by atoms with Crippen LogP contribution in [0.5, 0.6) is 0 Å². The van der Waals surface area contributed by atoms with E-state index in [1.807, 2.05) is 6.92 Å². The highest BCUT2D eigenvalue weighted by molar-refractivity contribution is 7.13. The summed E-state index contributed by atoms with van der Waals surface area (Å²) in [5.74, 6) is -0.161. The highest BCUT2D eigenvalue weighted by atomic mass is 32.1. The maximum absolute atomic E-state index is 11.3. The molecule has 1 amide bonds. The Balaban J connectivity index is 2.55. The minimum Gasteiger partial charge on any atom is -0.395 e. The molecule has 0 bridgehead atoms. The Bertz CT molecular complexity index is 285. The summed E-state index contributed by atoms with van der Waals surface area (Å²) >= 11 is 1.39. The van der Waals surface area contributed by atoms with Crippen molar-refractivity contribution < 1.29 is 9.90 Å². The standard InChI is InChI=1S/C8H12N2O2S/c1-2-7-10-5-6(13-7)8(12)9-3-4-11/h5,11H,2-4H2,1H3,(H,9,12). The van der Waals surface area contributed by atoms with Crippen LogP contribution in [0.1, 0.15) is 21.6 Å². The summed E-state index contributed by atoms with van der Waals surface area (Å²) in [6, 6.07) is 0. The molecule has 13 heavy (non-hydrogen) atoms. The van der Waals surface area contributed by atoms with Crippen molar-refractivity contribution in [3.05, 3.63) is 16.1 Å². The Morgan fingerprint density at radius 3 is 3.08 bits per heavy atom. The fourth-order valence-electron chi connectivity index (χ4n) is 0.835. The van der Waals surface area contributed by atoms with Gasteiger partial charge in [0.25, 0.3) is 5.91 Å². The number of nitrogens with zero attached hydrogens (tertiary/aromatic N) is 1.